The third-order valence-electron chi connectivity index (χ3n) is 1.57. The van der Waals surface area contributed by atoms with Gasteiger partial charge < -0.3 is 5.11 Å². The molecule has 0 aliphatic rings. The molecule has 0 bridgehead atoms. The Bertz CT molecular complexity index is 233. The minimum absolute atomic E-state index is 0.235. The van der Waals surface area contributed by atoms with Crippen LogP contribution in [-0.4, -0.2) is 31.4 Å². The molecule has 1 aromatic rings. The number of aromatic nitrogens is 4. The fraction of sp³-hybridized carbons (Fsp3) is 0.857. The van der Waals surface area contributed by atoms with Crippen molar-refractivity contribution in [1.29, 1.82) is 0 Å². The minimum Gasteiger partial charge on any atom is -0.393 e. The highest BCUT2D eigenvalue weighted by Gasteiger charge is 2.01. The van der Waals surface area contributed by atoms with Crippen LogP contribution < -0.4 is 0 Å². The summed E-state index contributed by atoms with van der Waals surface area (Å²) >= 11 is 0. The highest BCUT2D eigenvalue weighted by molar-refractivity contribution is 4.76. The van der Waals surface area contributed by atoms with Crippen LogP contribution in [0, 0.1) is 0 Å². The molecule has 0 saturated carbocycles. The van der Waals surface area contributed by atoms with E-state index in [4.69, 9.17) is 5.11 Å². The number of aliphatic hydroxyl groups is 1. The monoisotopic (exact) mass is 170 g/mol. The quantitative estimate of drug-likeness (QED) is 0.686. The Hall–Kier alpha value is -0.970. The van der Waals surface area contributed by atoms with Gasteiger partial charge in [0.15, 0.2) is 5.82 Å². The lowest BCUT2D eigenvalue weighted by molar-refractivity contribution is 0.181. The second-order valence-electron chi connectivity index (χ2n) is 2.94. The topological polar surface area (TPSA) is 63.8 Å². The Balaban J connectivity index is 2.24. The first kappa shape index (κ1) is 9.12. The number of nitrogens with zero attached hydrogens (tertiary/aromatic N) is 4. The van der Waals surface area contributed by atoms with Crippen molar-refractivity contribution in [3.63, 3.8) is 0 Å². The molecule has 1 atom stereocenters. The standard InChI is InChI=1S/C7H14N4O/c1-6(12)4-3-5-7-8-10-11(2)9-7/h6,12H,3-5H2,1-2H3. The van der Waals surface area contributed by atoms with E-state index in [9.17, 15) is 0 Å². The zero-order valence-corrected chi connectivity index (χ0v) is 7.43. The van der Waals surface area contributed by atoms with Crippen molar-refractivity contribution >= 4 is 0 Å². The predicted molar refractivity (Wildman–Crippen MR) is 43.4 cm³/mol. The van der Waals surface area contributed by atoms with Gasteiger partial charge in [0.1, 0.15) is 0 Å². The Kier molecular flexibility index (Phi) is 3.16. The van der Waals surface area contributed by atoms with E-state index in [0.29, 0.717) is 0 Å². The molecule has 0 fully saturated rings. The average Bonchev–Trinajstić information content (AvgIpc) is 2.35. The van der Waals surface area contributed by atoms with Crippen LogP contribution >= 0.6 is 0 Å². The van der Waals surface area contributed by atoms with E-state index in [2.05, 4.69) is 15.4 Å². The summed E-state index contributed by atoms with van der Waals surface area (Å²) in [5, 5.41) is 20.5. The zero-order chi connectivity index (χ0) is 8.97. The van der Waals surface area contributed by atoms with Gasteiger partial charge in [0.05, 0.1) is 13.2 Å². The fourth-order valence-electron chi connectivity index (χ4n) is 0.979. The Labute approximate surface area is 71.4 Å². The van der Waals surface area contributed by atoms with Gasteiger partial charge in [0.2, 0.25) is 0 Å². The van der Waals surface area contributed by atoms with Crippen LogP contribution in [0.2, 0.25) is 0 Å². The molecule has 0 aliphatic heterocycles. The number of aryl methyl sites for hydroxylation is 2. The summed E-state index contributed by atoms with van der Waals surface area (Å²) in [6.45, 7) is 1.78. The Morgan fingerprint density at radius 2 is 2.33 bits per heavy atom. The maximum atomic E-state index is 8.97. The minimum atomic E-state index is -0.235. The molecule has 1 rings (SSSR count). The molecule has 1 heterocycles. The number of tetrazole rings is 1. The zero-order valence-electron chi connectivity index (χ0n) is 7.43. The van der Waals surface area contributed by atoms with E-state index in [-0.39, 0.29) is 6.10 Å². The van der Waals surface area contributed by atoms with Crippen molar-refractivity contribution in [3.8, 4) is 0 Å². The summed E-state index contributed by atoms with van der Waals surface area (Å²) in [4.78, 5) is 1.44. The maximum Gasteiger partial charge on any atom is 0.174 e. The van der Waals surface area contributed by atoms with Gasteiger partial charge in [-0.05, 0) is 25.0 Å². The summed E-state index contributed by atoms with van der Waals surface area (Å²) in [6.07, 6.45) is 2.25. The molecule has 0 aromatic carbocycles. The lowest BCUT2D eigenvalue weighted by atomic mass is 10.2. The van der Waals surface area contributed by atoms with Crippen molar-refractivity contribution < 1.29 is 5.11 Å². The molecule has 12 heavy (non-hydrogen) atoms. The molecule has 1 N–H and O–H groups in total. The van der Waals surface area contributed by atoms with Gasteiger partial charge >= 0.3 is 0 Å². The summed E-state index contributed by atoms with van der Waals surface area (Å²) < 4.78 is 0. The largest absolute Gasteiger partial charge is 0.393 e. The molecule has 1 unspecified atom stereocenters. The highest BCUT2D eigenvalue weighted by Crippen LogP contribution is 2.00. The molecule has 0 saturated heterocycles. The van der Waals surface area contributed by atoms with E-state index in [1.54, 1.807) is 14.0 Å². The van der Waals surface area contributed by atoms with Crippen LogP contribution in [0.4, 0.5) is 0 Å². The molecular formula is C7H14N4O. The van der Waals surface area contributed by atoms with Gasteiger partial charge in [0, 0.05) is 6.42 Å². The van der Waals surface area contributed by atoms with E-state index < -0.39 is 0 Å². The molecule has 0 amide bonds. The Morgan fingerprint density at radius 1 is 1.58 bits per heavy atom. The van der Waals surface area contributed by atoms with Crippen molar-refractivity contribution in [2.75, 3.05) is 0 Å². The molecule has 0 spiro atoms. The van der Waals surface area contributed by atoms with Crippen molar-refractivity contribution in [1.82, 2.24) is 20.2 Å². The van der Waals surface area contributed by atoms with Crippen LogP contribution in [0.25, 0.3) is 0 Å². The van der Waals surface area contributed by atoms with Gasteiger partial charge in [-0.1, -0.05) is 0 Å². The third-order valence-corrected chi connectivity index (χ3v) is 1.57. The first-order chi connectivity index (χ1) is 5.68. The molecule has 68 valence electrons. The summed E-state index contributed by atoms with van der Waals surface area (Å²) in [6, 6.07) is 0. The second kappa shape index (κ2) is 4.15. The highest BCUT2D eigenvalue weighted by atomic mass is 16.3. The first-order valence-electron chi connectivity index (χ1n) is 4.09. The van der Waals surface area contributed by atoms with Gasteiger partial charge in [0.25, 0.3) is 0 Å². The number of aliphatic hydroxyl groups excluding tert-OH is 1. The van der Waals surface area contributed by atoms with E-state index in [1.165, 1.54) is 4.80 Å². The fourth-order valence-corrected chi connectivity index (χ4v) is 0.979. The molecule has 0 aliphatic carbocycles. The lowest BCUT2D eigenvalue weighted by Crippen LogP contribution is -2.00. The van der Waals surface area contributed by atoms with Crippen LogP contribution in [0.5, 0.6) is 0 Å². The first-order valence-corrected chi connectivity index (χ1v) is 4.09. The normalized spacial score (nSPS) is 13.2. The molecule has 5 nitrogen and oxygen atoms in total. The maximum absolute atomic E-state index is 8.97. The van der Waals surface area contributed by atoms with Crippen LogP contribution in [0.15, 0.2) is 0 Å². The van der Waals surface area contributed by atoms with Gasteiger partial charge in [-0.3, -0.25) is 0 Å². The lowest BCUT2D eigenvalue weighted by Gasteiger charge is -1.99. The van der Waals surface area contributed by atoms with E-state index >= 15 is 0 Å². The summed E-state index contributed by atoms with van der Waals surface area (Å²) in [7, 11) is 1.74. The van der Waals surface area contributed by atoms with Crippen LogP contribution in [-0.2, 0) is 13.5 Å². The molecular weight excluding hydrogens is 156 g/mol. The number of hydrogen-bond donors (Lipinski definition) is 1. The van der Waals surface area contributed by atoms with Crippen molar-refractivity contribution in [2.24, 2.45) is 7.05 Å². The Morgan fingerprint density at radius 3 is 2.83 bits per heavy atom. The van der Waals surface area contributed by atoms with Crippen molar-refractivity contribution in [2.45, 2.75) is 32.3 Å². The van der Waals surface area contributed by atoms with Crippen LogP contribution in [0.3, 0.4) is 0 Å². The van der Waals surface area contributed by atoms with Gasteiger partial charge in [-0.15, -0.1) is 10.2 Å². The van der Waals surface area contributed by atoms with Gasteiger partial charge in [-0.2, -0.15) is 4.80 Å². The number of rotatable bonds is 4. The summed E-state index contributed by atoms with van der Waals surface area (Å²) in [5.74, 6) is 0.748. The van der Waals surface area contributed by atoms with Gasteiger partial charge in [-0.25, -0.2) is 0 Å². The smallest absolute Gasteiger partial charge is 0.174 e. The average molecular weight is 170 g/mol. The SMILES string of the molecule is CC(O)CCCc1nnn(C)n1. The molecule has 0 radical (unpaired) electrons. The molecule has 1 aromatic heterocycles. The summed E-state index contributed by atoms with van der Waals surface area (Å²) in [5.41, 5.74) is 0. The van der Waals surface area contributed by atoms with E-state index in [1.807, 2.05) is 0 Å². The van der Waals surface area contributed by atoms with Crippen LogP contribution in [0.1, 0.15) is 25.6 Å². The third kappa shape index (κ3) is 2.96. The van der Waals surface area contributed by atoms with Crippen molar-refractivity contribution in [3.05, 3.63) is 5.82 Å². The second-order valence-corrected chi connectivity index (χ2v) is 2.94. The number of hydrogen-bond acceptors (Lipinski definition) is 4. The molecule has 5 heteroatoms. The van der Waals surface area contributed by atoms with E-state index in [0.717, 1.165) is 25.1 Å². The predicted octanol–water partition coefficient (Wildman–Crippen LogP) is -0.0864.